The fraction of sp³-hybridized carbons (Fsp3) is 1.00. The van der Waals surface area contributed by atoms with E-state index < -0.39 is 0 Å². The van der Waals surface area contributed by atoms with Gasteiger partial charge in [0.2, 0.25) is 0 Å². The van der Waals surface area contributed by atoms with E-state index in [0.717, 1.165) is 47.3 Å². The molecule has 7 atom stereocenters. The topological polar surface area (TPSA) is 0 Å². The fourth-order valence-electron chi connectivity index (χ4n) is 8.08. The molecule has 0 heteroatoms. The van der Waals surface area contributed by atoms with Gasteiger partial charge in [-0.2, -0.15) is 0 Å². The standard InChI is InChI=1S/C24H42/c1-16(17-9-6-5-7-10-17)19-13-18-11-8-12-21-22(24(2,3)4)15-20(14-19)23(18)21/h16-23H,5-15H2,1-4H3. The van der Waals surface area contributed by atoms with E-state index in [2.05, 4.69) is 27.7 Å². The maximum Gasteiger partial charge on any atom is -0.0326 e. The molecule has 0 heterocycles. The molecule has 4 rings (SSSR count). The van der Waals surface area contributed by atoms with Crippen molar-refractivity contribution >= 4 is 0 Å². The molecule has 138 valence electrons. The highest BCUT2D eigenvalue weighted by Crippen LogP contribution is 2.62. The molecule has 0 aromatic carbocycles. The van der Waals surface area contributed by atoms with Crippen LogP contribution in [0.1, 0.15) is 98.3 Å². The Hall–Kier alpha value is 0. The Morgan fingerprint density at radius 1 is 0.708 bits per heavy atom. The Morgan fingerprint density at radius 2 is 1.42 bits per heavy atom. The molecular weight excluding hydrogens is 288 g/mol. The van der Waals surface area contributed by atoms with Gasteiger partial charge in [0, 0.05) is 0 Å². The van der Waals surface area contributed by atoms with E-state index in [1.165, 1.54) is 25.7 Å². The molecule has 0 saturated heterocycles. The van der Waals surface area contributed by atoms with Crippen LogP contribution in [0.5, 0.6) is 0 Å². The predicted molar refractivity (Wildman–Crippen MR) is 104 cm³/mol. The summed E-state index contributed by atoms with van der Waals surface area (Å²) in [6, 6.07) is 0. The average molecular weight is 331 g/mol. The van der Waals surface area contributed by atoms with Gasteiger partial charge in [0.25, 0.3) is 0 Å². The van der Waals surface area contributed by atoms with Gasteiger partial charge in [-0.25, -0.2) is 0 Å². The van der Waals surface area contributed by atoms with E-state index >= 15 is 0 Å². The van der Waals surface area contributed by atoms with Gasteiger partial charge in [0.1, 0.15) is 0 Å². The molecule has 0 bridgehead atoms. The second-order valence-electron chi connectivity index (χ2n) is 11.4. The van der Waals surface area contributed by atoms with Crippen LogP contribution in [0.15, 0.2) is 0 Å². The molecule has 0 aromatic heterocycles. The highest BCUT2D eigenvalue weighted by atomic mass is 14.6. The van der Waals surface area contributed by atoms with Gasteiger partial charge in [-0.05, 0) is 78.4 Å². The summed E-state index contributed by atoms with van der Waals surface area (Å²) in [5, 5.41) is 0. The first-order valence-electron chi connectivity index (χ1n) is 11.4. The summed E-state index contributed by atoms with van der Waals surface area (Å²) in [6.45, 7) is 10.2. The van der Waals surface area contributed by atoms with Crippen LogP contribution in [0, 0.1) is 52.8 Å². The molecule has 4 aliphatic carbocycles. The Balaban J connectivity index is 1.49. The van der Waals surface area contributed by atoms with Crippen molar-refractivity contribution in [1.82, 2.24) is 0 Å². The molecule has 0 spiro atoms. The van der Waals surface area contributed by atoms with Crippen LogP contribution < -0.4 is 0 Å². The van der Waals surface area contributed by atoms with E-state index in [-0.39, 0.29) is 0 Å². The summed E-state index contributed by atoms with van der Waals surface area (Å²) < 4.78 is 0. The minimum absolute atomic E-state index is 0.536. The third-order valence-corrected chi connectivity index (χ3v) is 9.23. The summed E-state index contributed by atoms with van der Waals surface area (Å²) in [6.07, 6.45) is 17.1. The van der Waals surface area contributed by atoms with Crippen molar-refractivity contribution in [2.75, 3.05) is 0 Å². The van der Waals surface area contributed by atoms with E-state index in [1.54, 1.807) is 44.9 Å². The largest absolute Gasteiger partial charge is 0.0620 e. The molecule has 0 radical (unpaired) electrons. The zero-order chi connectivity index (χ0) is 16.9. The van der Waals surface area contributed by atoms with Crippen molar-refractivity contribution in [1.29, 1.82) is 0 Å². The lowest BCUT2D eigenvalue weighted by Crippen LogP contribution is -2.39. The third kappa shape index (κ3) is 3.09. The van der Waals surface area contributed by atoms with Crippen molar-refractivity contribution < 1.29 is 0 Å². The van der Waals surface area contributed by atoms with Gasteiger partial charge in [0.15, 0.2) is 0 Å². The quantitative estimate of drug-likeness (QED) is 0.497. The SMILES string of the molecule is CC(C1CCCCC1)C1CC2CCCC3C2C(C1)CC3C(C)(C)C. The summed E-state index contributed by atoms with van der Waals surface area (Å²) in [7, 11) is 0. The molecule has 0 nitrogen and oxygen atoms in total. The van der Waals surface area contributed by atoms with E-state index in [1.807, 2.05) is 0 Å². The van der Waals surface area contributed by atoms with Crippen LogP contribution in [-0.2, 0) is 0 Å². The Bertz CT molecular complexity index is 424. The fourth-order valence-corrected chi connectivity index (χ4v) is 8.08. The first kappa shape index (κ1) is 17.4. The number of hydrogen-bond donors (Lipinski definition) is 0. The molecular formula is C24H42. The zero-order valence-corrected chi connectivity index (χ0v) is 16.9. The van der Waals surface area contributed by atoms with Crippen molar-refractivity contribution in [3.05, 3.63) is 0 Å². The molecule has 0 amide bonds. The van der Waals surface area contributed by atoms with E-state index in [9.17, 15) is 0 Å². The summed E-state index contributed by atoms with van der Waals surface area (Å²) in [5.74, 6) is 8.56. The van der Waals surface area contributed by atoms with Gasteiger partial charge in [-0.1, -0.05) is 72.6 Å². The molecule has 0 N–H and O–H groups in total. The van der Waals surface area contributed by atoms with Gasteiger partial charge < -0.3 is 0 Å². The second-order valence-corrected chi connectivity index (χ2v) is 11.4. The minimum atomic E-state index is 0.536. The van der Waals surface area contributed by atoms with Crippen molar-refractivity contribution in [2.24, 2.45) is 52.8 Å². The highest BCUT2D eigenvalue weighted by molar-refractivity contribution is 5.03. The van der Waals surface area contributed by atoms with Crippen LogP contribution >= 0.6 is 0 Å². The zero-order valence-electron chi connectivity index (χ0n) is 16.9. The van der Waals surface area contributed by atoms with Gasteiger partial charge in [0.05, 0.1) is 0 Å². The summed E-state index contributed by atoms with van der Waals surface area (Å²) in [4.78, 5) is 0. The molecule has 4 saturated carbocycles. The molecule has 4 aliphatic rings. The molecule has 0 aliphatic heterocycles. The Kier molecular flexibility index (Phi) is 4.81. The Labute approximate surface area is 151 Å². The molecule has 7 unspecified atom stereocenters. The van der Waals surface area contributed by atoms with Gasteiger partial charge in [-0.3, -0.25) is 0 Å². The molecule has 24 heavy (non-hydrogen) atoms. The average Bonchev–Trinajstić information content (AvgIpc) is 2.96. The number of hydrogen-bond acceptors (Lipinski definition) is 0. The molecule has 4 fully saturated rings. The number of rotatable bonds is 2. The first-order chi connectivity index (χ1) is 11.4. The Morgan fingerprint density at radius 3 is 2.12 bits per heavy atom. The highest BCUT2D eigenvalue weighted by Gasteiger charge is 2.54. The third-order valence-electron chi connectivity index (χ3n) is 9.23. The second kappa shape index (κ2) is 6.62. The summed E-state index contributed by atoms with van der Waals surface area (Å²) >= 11 is 0. The molecule has 0 aromatic rings. The lowest BCUT2D eigenvalue weighted by molar-refractivity contribution is 0.0176. The van der Waals surface area contributed by atoms with Crippen LogP contribution in [0.25, 0.3) is 0 Å². The first-order valence-corrected chi connectivity index (χ1v) is 11.4. The van der Waals surface area contributed by atoms with Crippen LogP contribution in [0.4, 0.5) is 0 Å². The smallest absolute Gasteiger partial charge is 0.0326 e. The lowest BCUT2D eigenvalue weighted by atomic mass is 9.57. The minimum Gasteiger partial charge on any atom is -0.0620 e. The van der Waals surface area contributed by atoms with E-state index in [0.29, 0.717) is 5.41 Å². The van der Waals surface area contributed by atoms with Crippen molar-refractivity contribution in [3.8, 4) is 0 Å². The van der Waals surface area contributed by atoms with Crippen LogP contribution in [0.2, 0.25) is 0 Å². The lowest BCUT2D eigenvalue weighted by Gasteiger charge is -2.48. The predicted octanol–water partition coefficient (Wildman–Crippen LogP) is 7.33. The summed E-state index contributed by atoms with van der Waals surface area (Å²) in [5.41, 5.74) is 0.536. The van der Waals surface area contributed by atoms with Crippen LogP contribution in [0.3, 0.4) is 0 Å². The van der Waals surface area contributed by atoms with Gasteiger partial charge >= 0.3 is 0 Å². The van der Waals surface area contributed by atoms with Crippen molar-refractivity contribution in [2.45, 2.75) is 98.3 Å². The van der Waals surface area contributed by atoms with Gasteiger partial charge in [-0.15, -0.1) is 0 Å². The maximum absolute atomic E-state index is 2.65. The normalized spacial score (nSPS) is 45.0. The van der Waals surface area contributed by atoms with Crippen molar-refractivity contribution in [3.63, 3.8) is 0 Å². The van der Waals surface area contributed by atoms with Crippen LogP contribution in [-0.4, -0.2) is 0 Å². The van der Waals surface area contributed by atoms with E-state index in [4.69, 9.17) is 0 Å². The monoisotopic (exact) mass is 330 g/mol. The maximum atomic E-state index is 2.65.